The number of carbonyl (C=O) groups excluding carboxylic acids is 1. The molecule has 16 heavy (non-hydrogen) atoms. The molecule has 0 saturated carbocycles. The van der Waals surface area contributed by atoms with Crippen LogP contribution in [0.4, 0.5) is 0 Å². The van der Waals surface area contributed by atoms with Crippen molar-refractivity contribution in [2.24, 2.45) is 5.73 Å². The number of carboxylic acids is 1. The number of benzene rings is 1. The van der Waals surface area contributed by atoms with Crippen molar-refractivity contribution in [3.05, 3.63) is 29.8 Å². The fourth-order valence-electron chi connectivity index (χ4n) is 1.28. The molecule has 4 N–H and O–H groups in total. The zero-order valence-electron chi connectivity index (χ0n) is 8.59. The molecule has 1 atom stereocenters. The van der Waals surface area contributed by atoms with E-state index in [-0.39, 0.29) is 12.2 Å². The van der Waals surface area contributed by atoms with E-state index in [2.05, 4.69) is 0 Å². The van der Waals surface area contributed by atoms with E-state index in [0.29, 0.717) is 0 Å². The normalized spacial score (nSPS) is 12.1. The Bertz CT molecular complexity index is 385. The molecule has 0 bridgehead atoms. The molecule has 0 unspecified atom stereocenters. The minimum atomic E-state index is -1.17. The number of phenolic OH excluding ortho intramolecular Hbond substituents is 1. The Morgan fingerprint density at radius 2 is 1.81 bits per heavy atom. The SMILES string of the molecule is N[C@@H](Cc1ccc(O)cc1)C(=O)CC(=O)O. The zero-order chi connectivity index (χ0) is 12.1. The molecular formula is C11H13NO4. The summed E-state index contributed by atoms with van der Waals surface area (Å²) < 4.78 is 0. The van der Waals surface area contributed by atoms with Gasteiger partial charge >= 0.3 is 5.97 Å². The molecule has 1 rings (SSSR count). The molecule has 5 nitrogen and oxygen atoms in total. The lowest BCUT2D eigenvalue weighted by molar-refractivity contribution is -0.140. The maximum atomic E-state index is 11.3. The van der Waals surface area contributed by atoms with Gasteiger partial charge in [-0.3, -0.25) is 9.59 Å². The highest BCUT2D eigenvalue weighted by molar-refractivity contribution is 5.97. The number of phenols is 1. The second-order valence-electron chi connectivity index (χ2n) is 3.51. The molecule has 0 aliphatic rings. The van der Waals surface area contributed by atoms with Gasteiger partial charge in [-0.25, -0.2) is 0 Å². The van der Waals surface area contributed by atoms with Gasteiger partial charge in [0.25, 0.3) is 0 Å². The maximum Gasteiger partial charge on any atom is 0.310 e. The number of hydrogen-bond donors (Lipinski definition) is 3. The van der Waals surface area contributed by atoms with Crippen LogP contribution in [-0.2, 0) is 16.0 Å². The van der Waals surface area contributed by atoms with Crippen LogP contribution in [0.15, 0.2) is 24.3 Å². The van der Waals surface area contributed by atoms with Gasteiger partial charge in [0.15, 0.2) is 5.78 Å². The quantitative estimate of drug-likeness (QED) is 0.623. The number of ketones is 1. The van der Waals surface area contributed by atoms with Crippen molar-refractivity contribution >= 4 is 11.8 Å². The van der Waals surface area contributed by atoms with Crippen LogP contribution in [0.25, 0.3) is 0 Å². The summed E-state index contributed by atoms with van der Waals surface area (Å²) in [5.41, 5.74) is 6.34. The number of aliphatic carboxylic acids is 1. The zero-order valence-corrected chi connectivity index (χ0v) is 8.59. The molecule has 1 aromatic rings. The number of hydrogen-bond acceptors (Lipinski definition) is 4. The van der Waals surface area contributed by atoms with Crippen LogP contribution in [0.1, 0.15) is 12.0 Å². The minimum absolute atomic E-state index is 0.134. The van der Waals surface area contributed by atoms with Crippen molar-refractivity contribution < 1.29 is 19.8 Å². The average Bonchev–Trinajstić information content (AvgIpc) is 2.20. The molecule has 0 spiro atoms. The Morgan fingerprint density at radius 3 is 2.31 bits per heavy atom. The second-order valence-corrected chi connectivity index (χ2v) is 3.51. The third kappa shape index (κ3) is 3.70. The van der Waals surface area contributed by atoms with Crippen molar-refractivity contribution in [2.75, 3.05) is 0 Å². The van der Waals surface area contributed by atoms with Crippen LogP contribution < -0.4 is 5.73 Å². The van der Waals surface area contributed by atoms with Crippen molar-refractivity contribution in [1.29, 1.82) is 0 Å². The first-order valence-electron chi connectivity index (χ1n) is 4.77. The lowest BCUT2D eigenvalue weighted by atomic mass is 10.0. The highest BCUT2D eigenvalue weighted by Crippen LogP contribution is 2.11. The van der Waals surface area contributed by atoms with Crippen molar-refractivity contribution in [1.82, 2.24) is 0 Å². The standard InChI is InChI=1S/C11H13NO4/c12-9(10(14)6-11(15)16)5-7-1-3-8(13)4-2-7/h1-4,9,13H,5-6,12H2,(H,15,16)/t9-/m0/s1. The smallest absolute Gasteiger partial charge is 0.310 e. The van der Waals surface area contributed by atoms with Crippen LogP contribution >= 0.6 is 0 Å². The number of aromatic hydroxyl groups is 1. The molecule has 5 heteroatoms. The third-order valence-electron chi connectivity index (χ3n) is 2.13. The van der Waals surface area contributed by atoms with E-state index >= 15 is 0 Å². The summed E-state index contributed by atoms with van der Waals surface area (Å²) in [6.07, 6.45) is -0.286. The summed E-state index contributed by atoms with van der Waals surface area (Å²) >= 11 is 0. The average molecular weight is 223 g/mol. The maximum absolute atomic E-state index is 11.3. The van der Waals surface area contributed by atoms with Gasteiger partial charge in [0.05, 0.1) is 6.04 Å². The summed E-state index contributed by atoms with van der Waals surface area (Å²) in [5, 5.41) is 17.5. The highest BCUT2D eigenvalue weighted by atomic mass is 16.4. The molecule has 86 valence electrons. The van der Waals surface area contributed by atoms with E-state index < -0.39 is 24.2 Å². The predicted octanol–water partition coefficient (Wildman–Crippen LogP) is 0.306. The van der Waals surface area contributed by atoms with Gasteiger partial charge in [-0.1, -0.05) is 12.1 Å². The molecule has 0 radical (unpaired) electrons. The largest absolute Gasteiger partial charge is 0.508 e. The molecule has 0 fully saturated rings. The number of nitrogens with two attached hydrogens (primary N) is 1. The van der Waals surface area contributed by atoms with Crippen LogP contribution in [0.2, 0.25) is 0 Å². The predicted molar refractivity (Wildman–Crippen MR) is 57.0 cm³/mol. The topological polar surface area (TPSA) is 101 Å². The Hall–Kier alpha value is -1.88. The van der Waals surface area contributed by atoms with Crippen molar-refractivity contribution in [3.8, 4) is 5.75 Å². The first-order valence-corrected chi connectivity index (χ1v) is 4.77. The first-order chi connectivity index (χ1) is 7.49. The molecule has 0 saturated heterocycles. The van der Waals surface area contributed by atoms with Gasteiger partial charge in [-0.15, -0.1) is 0 Å². The molecule has 0 aliphatic heterocycles. The lowest BCUT2D eigenvalue weighted by Crippen LogP contribution is -2.34. The summed E-state index contributed by atoms with van der Waals surface area (Å²) in [6.45, 7) is 0. The first kappa shape index (κ1) is 12.2. The van der Waals surface area contributed by atoms with Crippen molar-refractivity contribution in [3.63, 3.8) is 0 Å². The Labute approximate surface area is 92.5 Å². The third-order valence-corrected chi connectivity index (χ3v) is 2.13. The van der Waals surface area contributed by atoms with E-state index in [1.54, 1.807) is 12.1 Å². The van der Waals surface area contributed by atoms with Gasteiger partial charge in [0.2, 0.25) is 0 Å². The Balaban J connectivity index is 2.57. The van der Waals surface area contributed by atoms with Gasteiger partial charge in [0, 0.05) is 0 Å². The van der Waals surface area contributed by atoms with Crippen molar-refractivity contribution in [2.45, 2.75) is 18.9 Å². The highest BCUT2D eigenvalue weighted by Gasteiger charge is 2.16. The molecule has 0 aliphatic carbocycles. The molecule has 0 amide bonds. The molecule has 0 aromatic heterocycles. The van der Waals surface area contributed by atoms with Gasteiger partial charge < -0.3 is 15.9 Å². The fourth-order valence-corrected chi connectivity index (χ4v) is 1.28. The van der Waals surface area contributed by atoms with E-state index in [1.165, 1.54) is 12.1 Å². The summed E-state index contributed by atoms with van der Waals surface area (Å²) in [5.74, 6) is -1.54. The minimum Gasteiger partial charge on any atom is -0.508 e. The summed E-state index contributed by atoms with van der Waals surface area (Å²) in [6, 6.07) is 5.44. The van der Waals surface area contributed by atoms with Crippen LogP contribution in [0.5, 0.6) is 5.75 Å². The Morgan fingerprint density at radius 1 is 1.25 bits per heavy atom. The summed E-state index contributed by atoms with van der Waals surface area (Å²) in [4.78, 5) is 21.6. The lowest BCUT2D eigenvalue weighted by Gasteiger charge is -2.09. The number of carboxylic acid groups (broad SMARTS) is 1. The number of rotatable bonds is 5. The molecule has 1 aromatic carbocycles. The van der Waals surface area contributed by atoms with Gasteiger partial charge in [0.1, 0.15) is 12.2 Å². The number of carbonyl (C=O) groups is 2. The second kappa shape index (κ2) is 5.27. The van der Waals surface area contributed by atoms with Gasteiger partial charge in [-0.2, -0.15) is 0 Å². The monoisotopic (exact) mass is 223 g/mol. The fraction of sp³-hybridized carbons (Fsp3) is 0.273. The van der Waals surface area contributed by atoms with Crippen LogP contribution in [0.3, 0.4) is 0 Å². The van der Waals surface area contributed by atoms with E-state index in [4.69, 9.17) is 15.9 Å². The van der Waals surface area contributed by atoms with E-state index in [1.807, 2.05) is 0 Å². The van der Waals surface area contributed by atoms with Gasteiger partial charge in [-0.05, 0) is 24.1 Å². The van der Waals surface area contributed by atoms with E-state index in [9.17, 15) is 9.59 Å². The Kier molecular flexibility index (Phi) is 4.02. The van der Waals surface area contributed by atoms with Crippen LogP contribution in [0, 0.1) is 0 Å². The number of Topliss-reactive ketones (excluding diaryl/α,β-unsaturated/α-hetero) is 1. The molecular weight excluding hydrogens is 210 g/mol. The summed E-state index contributed by atoms with van der Waals surface area (Å²) in [7, 11) is 0. The molecule has 0 heterocycles. The van der Waals surface area contributed by atoms with E-state index in [0.717, 1.165) is 5.56 Å². The van der Waals surface area contributed by atoms with Crippen LogP contribution in [-0.4, -0.2) is 28.0 Å².